The van der Waals surface area contributed by atoms with Crippen molar-refractivity contribution in [3.8, 4) is 0 Å². The van der Waals surface area contributed by atoms with Gasteiger partial charge in [0.15, 0.2) is 0 Å². The van der Waals surface area contributed by atoms with Crippen LogP contribution in [-0.2, 0) is 19.7 Å². The number of nitrogens with zero attached hydrogens (tertiary/aromatic N) is 1. The highest BCUT2D eigenvalue weighted by Gasteiger charge is 2.61. The Morgan fingerprint density at radius 2 is 1.67 bits per heavy atom. The average molecular weight is 636 g/mol. The maximum absolute atomic E-state index is 14.2. The first-order valence-corrected chi connectivity index (χ1v) is 17.8. The average Bonchev–Trinajstić information content (AvgIpc) is 3.17. The van der Waals surface area contributed by atoms with E-state index in [0.717, 1.165) is 16.3 Å². The molecule has 2 heterocycles. The third-order valence-corrected chi connectivity index (χ3v) is 9.18. The van der Waals surface area contributed by atoms with Crippen molar-refractivity contribution in [3.63, 3.8) is 0 Å². The summed E-state index contributed by atoms with van der Waals surface area (Å²) in [6.45, 7) is 6.56. The van der Waals surface area contributed by atoms with Gasteiger partial charge in [-0.3, -0.25) is 14.5 Å². The van der Waals surface area contributed by atoms with Crippen molar-refractivity contribution in [1.82, 2.24) is 5.32 Å². The molecule has 228 valence electrons. The lowest BCUT2D eigenvalue weighted by molar-refractivity contribution is -0.135. The number of carbonyl (C=O) groups excluding carboxylic acids is 2. The minimum atomic E-state index is -1.08. The molecule has 9 heteroatoms. The molecule has 1 unspecified atom stereocenters. The Balaban J connectivity index is 0.000000465. The fourth-order valence-electron chi connectivity index (χ4n) is 5.38. The van der Waals surface area contributed by atoms with E-state index in [1.807, 2.05) is 57.2 Å². The predicted octanol–water partition coefficient (Wildman–Crippen LogP) is 8.00. The van der Waals surface area contributed by atoms with Crippen molar-refractivity contribution in [3.05, 3.63) is 99.8 Å². The van der Waals surface area contributed by atoms with Crippen molar-refractivity contribution in [2.45, 2.75) is 38.6 Å². The van der Waals surface area contributed by atoms with Gasteiger partial charge in [-0.15, -0.1) is 0 Å². The van der Waals surface area contributed by atoms with Gasteiger partial charge in [-0.25, -0.2) is 14.4 Å². The summed E-state index contributed by atoms with van der Waals surface area (Å²) in [5.41, 5.74) is 0.937. The van der Waals surface area contributed by atoms with E-state index in [-0.39, 0.29) is 30.9 Å². The third kappa shape index (κ3) is 7.67. The zero-order chi connectivity index (χ0) is 31.1. The fourth-order valence-corrected chi connectivity index (χ4v) is 6.31. The molecule has 0 aromatic heterocycles. The topological polar surface area (TPSA) is 58.6 Å². The number of benzene rings is 3. The molecule has 3 atom stereocenters. The summed E-state index contributed by atoms with van der Waals surface area (Å²) in [6.07, 6.45) is 6.86. The van der Waals surface area contributed by atoms with Gasteiger partial charge in [-0.05, 0) is 72.2 Å². The zero-order valence-corrected chi connectivity index (χ0v) is 27.5. The van der Waals surface area contributed by atoms with Crippen molar-refractivity contribution >= 4 is 50.7 Å². The second kappa shape index (κ2) is 14.7. The van der Waals surface area contributed by atoms with Crippen LogP contribution in [0.15, 0.2) is 72.8 Å². The SMILES string of the molecule is CC.CC1CC(=O)N[C@H](c2cccc(F)c2)[C@@]12C(=O)N(COCCS(C)(C)C)c1cc(Cl)ccc12.Clc1ccccc1. The lowest BCUT2D eigenvalue weighted by atomic mass is 9.62. The maximum Gasteiger partial charge on any atom is 0.242 e. The van der Waals surface area contributed by atoms with Crippen LogP contribution in [0.5, 0.6) is 0 Å². The van der Waals surface area contributed by atoms with E-state index in [1.54, 1.807) is 29.2 Å². The van der Waals surface area contributed by atoms with Gasteiger partial charge in [-0.1, -0.05) is 80.4 Å². The quantitative estimate of drug-likeness (QED) is 0.280. The monoisotopic (exact) mass is 634 g/mol. The summed E-state index contributed by atoms with van der Waals surface area (Å²) in [5, 5.41) is 4.30. The van der Waals surface area contributed by atoms with Gasteiger partial charge in [0.05, 0.1) is 18.3 Å². The van der Waals surface area contributed by atoms with Gasteiger partial charge in [-0.2, -0.15) is 0 Å². The minimum Gasteiger partial charge on any atom is -0.360 e. The summed E-state index contributed by atoms with van der Waals surface area (Å²) < 4.78 is 20.1. The maximum atomic E-state index is 14.2. The van der Waals surface area contributed by atoms with Crippen LogP contribution in [0.1, 0.15) is 44.4 Å². The Labute approximate surface area is 261 Å². The second-order valence-corrected chi connectivity index (χ2v) is 16.5. The largest absolute Gasteiger partial charge is 0.360 e. The molecule has 2 amide bonds. The molecular formula is C33H41Cl2FN2O3S. The highest BCUT2D eigenvalue weighted by atomic mass is 35.5. The molecule has 0 radical (unpaired) electrons. The number of hydrogen-bond acceptors (Lipinski definition) is 3. The minimum absolute atomic E-state index is 0.0972. The van der Waals surface area contributed by atoms with Crippen molar-refractivity contribution in [1.29, 1.82) is 0 Å². The Hall–Kier alpha value is -2.58. The van der Waals surface area contributed by atoms with Crippen LogP contribution >= 0.6 is 33.2 Å². The van der Waals surface area contributed by atoms with Crippen molar-refractivity contribution in [2.24, 2.45) is 5.92 Å². The molecule has 1 N–H and O–H groups in total. The van der Waals surface area contributed by atoms with Gasteiger partial charge in [0, 0.05) is 22.2 Å². The number of ether oxygens (including phenoxy) is 1. The normalized spacial score (nSPS) is 21.5. The number of rotatable bonds is 6. The number of anilines is 1. The summed E-state index contributed by atoms with van der Waals surface area (Å²) in [7, 11) is -0.724. The first-order chi connectivity index (χ1) is 19.9. The Morgan fingerprint density at radius 1 is 0.976 bits per heavy atom. The Morgan fingerprint density at radius 3 is 2.26 bits per heavy atom. The first kappa shape index (κ1) is 33.9. The number of carbonyl (C=O) groups is 2. The van der Waals surface area contributed by atoms with E-state index < -0.39 is 27.3 Å². The van der Waals surface area contributed by atoms with Gasteiger partial charge in [0.25, 0.3) is 0 Å². The number of nitrogens with one attached hydrogen (secondary N) is 1. The number of hydrogen-bond donors (Lipinski definition) is 1. The van der Waals surface area contributed by atoms with Crippen LogP contribution in [0.3, 0.4) is 0 Å². The van der Waals surface area contributed by atoms with E-state index in [0.29, 0.717) is 22.9 Å². The third-order valence-electron chi connectivity index (χ3n) is 7.30. The van der Waals surface area contributed by atoms with Gasteiger partial charge in [0.2, 0.25) is 11.8 Å². The summed E-state index contributed by atoms with van der Waals surface area (Å²) in [4.78, 5) is 28.4. The van der Waals surface area contributed by atoms with E-state index in [9.17, 15) is 14.0 Å². The lowest BCUT2D eigenvalue weighted by Crippen LogP contribution is -2.58. The van der Waals surface area contributed by atoms with Gasteiger partial charge >= 0.3 is 0 Å². The molecule has 0 saturated carbocycles. The van der Waals surface area contributed by atoms with Crippen LogP contribution < -0.4 is 10.2 Å². The van der Waals surface area contributed by atoms with E-state index in [2.05, 4.69) is 24.1 Å². The number of amides is 2. The molecule has 3 aromatic rings. The molecule has 2 aliphatic heterocycles. The lowest BCUT2D eigenvalue weighted by Gasteiger charge is -2.45. The van der Waals surface area contributed by atoms with E-state index in [1.165, 1.54) is 12.1 Å². The van der Waals surface area contributed by atoms with Crippen LogP contribution in [0, 0.1) is 11.7 Å². The molecule has 5 rings (SSSR count). The summed E-state index contributed by atoms with van der Waals surface area (Å²) >= 11 is 11.9. The van der Waals surface area contributed by atoms with Gasteiger partial charge < -0.3 is 10.1 Å². The van der Waals surface area contributed by atoms with Crippen LogP contribution in [-0.4, -0.2) is 49.7 Å². The Bertz CT molecular complexity index is 1370. The van der Waals surface area contributed by atoms with Crippen LogP contribution in [0.25, 0.3) is 0 Å². The fraction of sp³-hybridized carbons (Fsp3) is 0.394. The molecular weight excluding hydrogens is 594 g/mol. The first-order valence-electron chi connectivity index (χ1n) is 14.0. The molecule has 0 bridgehead atoms. The molecule has 5 nitrogen and oxygen atoms in total. The zero-order valence-electron chi connectivity index (χ0n) is 25.1. The van der Waals surface area contributed by atoms with E-state index >= 15 is 0 Å². The van der Waals surface area contributed by atoms with Crippen LogP contribution in [0.4, 0.5) is 10.1 Å². The molecule has 1 spiro atoms. The predicted molar refractivity (Wildman–Crippen MR) is 176 cm³/mol. The van der Waals surface area contributed by atoms with Crippen LogP contribution in [0.2, 0.25) is 10.0 Å². The molecule has 2 aliphatic rings. The molecule has 1 fully saturated rings. The standard InChI is InChI=1S/C25H30ClFN2O3S.C6H5Cl.C2H6/c1-16-12-22(30)28-23(17-6-5-7-19(27)13-17)25(16)20-9-8-18(26)14-21(20)29(24(25)31)15-32-10-11-33(2,3)4;7-6-4-2-1-3-5-6;1-2/h5-9,13-14,16,23H,10-12,15H2,1-4H3,(H,28,30);1-5H;1-2H3/t16?,23-,25-;;/m1../s1. The Kier molecular flexibility index (Phi) is 11.9. The summed E-state index contributed by atoms with van der Waals surface area (Å²) in [5.74, 6) is -0.114. The summed E-state index contributed by atoms with van der Waals surface area (Å²) in [6, 6.07) is 20.2. The molecule has 42 heavy (non-hydrogen) atoms. The molecule has 3 aromatic carbocycles. The highest BCUT2D eigenvalue weighted by molar-refractivity contribution is 8.32. The van der Waals surface area contributed by atoms with Gasteiger partial charge in [0.1, 0.15) is 18.0 Å². The second-order valence-electron chi connectivity index (χ2n) is 11.1. The number of halogens is 3. The van der Waals surface area contributed by atoms with Crippen molar-refractivity contribution in [2.75, 3.05) is 42.8 Å². The van der Waals surface area contributed by atoms with E-state index in [4.69, 9.17) is 27.9 Å². The highest BCUT2D eigenvalue weighted by Crippen LogP contribution is 2.56. The van der Waals surface area contributed by atoms with Crippen molar-refractivity contribution < 1.29 is 18.7 Å². The number of fused-ring (bicyclic) bond motifs is 2. The molecule has 0 aliphatic carbocycles. The smallest absolute Gasteiger partial charge is 0.242 e. The number of piperidine rings is 1. The molecule has 1 saturated heterocycles.